The van der Waals surface area contributed by atoms with Crippen molar-refractivity contribution in [3.63, 3.8) is 0 Å². The van der Waals surface area contributed by atoms with Gasteiger partial charge in [0, 0.05) is 51.0 Å². The highest BCUT2D eigenvalue weighted by atomic mass is 15.0. The zero-order valence-corrected chi connectivity index (χ0v) is 30.0. The average Bonchev–Trinajstić information content (AvgIpc) is 3.29. The Hall–Kier alpha value is -7.88. The SMILES string of the molecule is [C-]#[N+]c1ccc(-c2cc3c4cccnc4c(-c4cccc(-c5nc(-c6ccccc6)nc(-c6ccc(-c7ccccc7)cc6)n5)c4)cc3c3cccnc23)cc1. The van der Waals surface area contributed by atoms with Gasteiger partial charge in [0.25, 0.3) is 0 Å². The Labute approximate surface area is 323 Å². The van der Waals surface area contributed by atoms with Gasteiger partial charge in [0.1, 0.15) is 0 Å². The Balaban J connectivity index is 1.13. The molecule has 0 aliphatic heterocycles. The van der Waals surface area contributed by atoms with E-state index in [9.17, 15) is 0 Å². The van der Waals surface area contributed by atoms with Crippen LogP contribution in [0.1, 0.15) is 0 Å². The van der Waals surface area contributed by atoms with Crippen LogP contribution in [0.5, 0.6) is 0 Å². The molecule has 0 N–H and O–H groups in total. The lowest BCUT2D eigenvalue weighted by molar-refractivity contribution is 1.07. The van der Waals surface area contributed by atoms with Crippen LogP contribution in [0.3, 0.4) is 0 Å². The quantitative estimate of drug-likeness (QED) is 0.127. The largest absolute Gasteiger partial charge is 0.256 e. The number of hydrogen-bond donors (Lipinski definition) is 0. The molecule has 6 nitrogen and oxygen atoms in total. The maximum Gasteiger partial charge on any atom is 0.187 e. The van der Waals surface area contributed by atoms with Crippen molar-refractivity contribution in [2.45, 2.75) is 0 Å². The minimum absolute atomic E-state index is 0.587. The summed E-state index contributed by atoms with van der Waals surface area (Å²) < 4.78 is 0. The van der Waals surface area contributed by atoms with Crippen LogP contribution in [0.15, 0.2) is 182 Å². The monoisotopic (exact) mass is 714 g/mol. The molecule has 3 aromatic heterocycles. The Bertz CT molecular complexity index is 3120. The molecule has 260 valence electrons. The van der Waals surface area contributed by atoms with Crippen LogP contribution < -0.4 is 0 Å². The minimum atomic E-state index is 0.587. The van der Waals surface area contributed by atoms with Crippen LogP contribution in [-0.4, -0.2) is 24.9 Å². The number of benzene rings is 7. The van der Waals surface area contributed by atoms with E-state index >= 15 is 0 Å². The van der Waals surface area contributed by atoms with E-state index in [0.717, 1.165) is 82.6 Å². The topological polar surface area (TPSA) is 68.8 Å². The highest BCUT2D eigenvalue weighted by molar-refractivity contribution is 6.22. The fourth-order valence-electron chi connectivity index (χ4n) is 7.48. The van der Waals surface area contributed by atoms with E-state index in [1.165, 1.54) is 0 Å². The molecule has 0 aliphatic carbocycles. The summed E-state index contributed by atoms with van der Waals surface area (Å²) in [6.45, 7) is 7.42. The molecule has 6 heteroatoms. The van der Waals surface area contributed by atoms with Gasteiger partial charge in [-0.1, -0.05) is 140 Å². The summed E-state index contributed by atoms with van der Waals surface area (Å²) in [5, 5.41) is 4.27. The normalized spacial score (nSPS) is 11.2. The Morgan fingerprint density at radius 2 is 0.786 bits per heavy atom. The van der Waals surface area contributed by atoms with Crippen molar-refractivity contribution in [2.75, 3.05) is 0 Å². The van der Waals surface area contributed by atoms with Gasteiger partial charge in [-0.2, -0.15) is 0 Å². The van der Waals surface area contributed by atoms with Gasteiger partial charge in [-0.3, -0.25) is 9.97 Å². The summed E-state index contributed by atoms with van der Waals surface area (Å²) in [4.78, 5) is 28.5. The van der Waals surface area contributed by atoms with Gasteiger partial charge in [-0.05, 0) is 63.4 Å². The molecule has 0 saturated carbocycles. The molecule has 3 heterocycles. The van der Waals surface area contributed by atoms with Gasteiger partial charge < -0.3 is 0 Å². The Kier molecular flexibility index (Phi) is 8.09. The first kappa shape index (κ1) is 32.7. The predicted octanol–water partition coefficient (Wildman–Crippen LogP) is 12.7. The van der Waals surface area contributed by atoms with E-state index in [-0.39, 0.29) is 0 Å². The number of fused-ring (bicyclic) bond motifs is 5. The standard InChI is InChI=1S/C50H30N6/c1-51-39-25-23-34(24-26-39)42-30-44-41-18-10-28-53-47(41)43(31-45(44)40-17-9-27-52-46(40)42)37-15-8-16-38(29-37)50-55-48(35-13-6-3-7-14-35)54-49(56-50)36-21-19-33(20-22-36)32-11-4-2-5-12-32/h2-31H. The van der Waals surface area contributed by atoms with Gasteiger partial charge in [-0.15, -0.1) is 0 Å². The third-order valence-electron chi connectivity index (χ3n) is 10.2. The molecule has 7 aromatic carbocycles. The highest BCUT2D eigenvalue weighted by Gasteiger charge is 2.18. The van der Waals surface area contributed by atoms with Gasteiger partial charge in [0.2, 0.25) is 0 Å². The predicted molar refractivity (Wildman–Crippen MR) is 227 cm³/mol. The van der Waals surface area contributed by atoms with Gasteiger partial charge in [0.15, 0.2) is 23.2 Å². The molecule has 0 unspecified atom stereocenters. The summed E-state index contributed by atoms with van der Waals surface area (Å²) >= 11 is 0. The lowest BCUT2D eigenvalue weighted by Gasteiger charge is -2.15. The molecule has 56 heavy (non-hydrogen) atoms. The van der Waals surface area contributed by atoms with Crippen molar-refractivity contribution in [3.8, 4) is 67.5 Å². The minimum Gasteiger partial charge on any atom is -0.256 e. The third kappa shape index (κ3) is 5.90. The molecule has 0 aliphatic rings. The van der Waals surface area contributed by atoms with Crippen molar-refractivity contribution in [1.29, 1.82) is 0 Å². The first-order chi connectivity index (χ1) is 27.7. The van der Waals surface area contributed by atoms with Crippen LogP contribution in [0.4, 0.5) is 5.69 Å². The molecule has 0 saturated heterocycles. The van der Waals surface area contributed by atoms with E-state index in [1.54, 1.807) is 0 Å². The summed E-state index contributed by atoms with van der Waals surface area (Å²) in [5.74, 6) is 1.80. The average molecular weight is 715 g/mol. The maximum atomic E-state index is 7.42. The lowest BCUT2D eigenvalue weighted by Crippen LogP contribution is -2.00. The number of nitrogens with zero attached hydrogens (tertiary/aromatic N) is 6. The summed E-state index contributed by atoms with van der Waals surface area (Å²) in [5.41, 5.74) is 11.4. The molecule has 10 aromatic rings. The molecule has 0 radical (unpaired) electrons. The fraction of sp³-hybridized carbons (Fsp3) is 0. The summed E-state index contributed by atoms with van der Waals surface area (Å²) in [6.07, 6.45) is 3.68. The first-order valence-corrected chi connectivity index (χ1v) is 18.4. The summed E-state index contributed by atoms with van der Waals surface area (Å²) in [7, 11) is 0. The van der Waals surface area contributed by atoms with E-state index in [0.29, 0.717) is 23.2 Å². The summed E-state index contributed by atoms with van der Waals surface area (Å²) in [6, 6.07) is 57.6. The van der Waals surface area contributed by atoms with Crippen LogP contribution in [0.2, 0.25) is 0 Å². The van der Waals surface area contributed by atoms with Crippen molar-refractivity contribution in [3.05, 3.63) is 194 Å². The van der Waals surface area contributed by atoms with E-state index in [2.05, 4.69) is 89.8 Å². The molecule has 0 atom stereocenters. The molecular weight excluding hydrogens is 685 g/mol. The van der Waals surface area contributed by atoms with E-state index < -0.39 is 0 Å². The second-order valence-electron chi connectivity index (χ2n) is 13.6. The maximum absolute atomic E-state index is 7.42. The molecule has 0 fully saturated rings. The number of aromatic nitrogens is 5. The molecule has 0 spiro atoms. The second-order valence-corrected chi connectivity index (χ2v) is 13.6. The smallest absolute Gasteiger partial charge is 0.187 e. The van der Waals surface area contributed by atoms with Crippen molar-refractivity contribution in [1.82, 2.24) is 24.9 Å². The van der Waals surface area contributed by atoms with Gasteiger partial charge in [-0.25, -0.2) is 19.8 Å². The fourth-order valence-corrected chi connectivity index (χ4v) is 7.48. The van der Waals surface area contributed by atoms with Crippen LogP contribution in [-0.2, 0) is 0 Å². The van der Waals surface area contributed by atoms with E-state index in [4.69, 9.17) is 31.5 Å². The Morgan fingerprint density at radius 1 is 0.339 bits per heavy atom. The van der Waals surface area contributed by atoms with Crippen LogP contribution >= 0.6 is 0 Å². The van der Waals surface area contributed by atoms with Crippen molar-refractivity contribution < 1.29 is 0 Å². The van der Waals surface area contributed by atoms with Gasteiger partial charge >= 0.3 is 0 Å². The van der Waals surface area contributed by atoms with Crippen LogP contribution in [0, 0.1) is 6.57 Å². The number of pyridine rings is 2. The molecule has 0 amide bonds. The zero-order valence-electron chi connectivity index (χ0n) is 30.0. The molecule has 0 bridgehead atoms. The first-order valence-electron chi connectivity index (χ1n) is 18.4. The van der Waals surface area contributed by atoms with E-state index in [1.807, 2.05) is 97.3 Å². The molecule has 10 rings (SSSR count). The highest BCUT2D eigenvalue weighted by Crippen LogP contribution is 2.41. The van der Waals surface area contributed by atoms with Crippen molar-refractivity contribution >= 4 is 38.3 Å². The lowest BCUT2D eigenvalue weighted by atomic mass is 9.90. The number of hydrogen-bond acceptors (Lipinski definition) is 5. The Morgan fingerprint density at radius 3 is 1.38 bits per heavy atom. The van der Waals surface area contributed by atoms with Crippen LogP contribution in [0.25, 0.3) is 105 Å². The molecular formula is C50H30N6. The second kappa shape index (κ2) is 13.8. The van der Waals surface area contributed by atoms with Gasteiger partial charge in [0.05, 0.1) is 17.6 Å². The zero-order chi connectivity index (χ0) is 37.4. The number of rotatable bonds is 6. The third-order valence-corrected chi connectivity index (χ3v) is 10.2. The van der Waals surface area contributed by atoms with Crippen molar-refractivity contribution in [2.24, 2.45) is 0 Å².